The van der Waals surface area contributed by atoms with Gasteiger partial charge in [-0.2, -0.15) is 0 Å². The molecule has 5 rings (SSSR count). The van der Waals surface area contributed by atoms with Crippen molar-refractivity contribution in [2.24, 2.45) is 5.92 Å². The summed E-state index contributed by atoms with van der Waals surface area (Å²) in [6.45, 7) is 5.67. The summed E-state index contributed by atoms with van der Waals surface area (Å²) in [5.74, 6) is -0.257. The van der Waals surface area contributed by atoms with Gasteiger partial charge in [-0.15, -0.1) is 0 Å². The molecule has 1 amide bonds. The third-order valence-electron chi connectivity index (χ3n) is 8.31. The lowest BCUT2D eigenvalue weighted by Gasteiger charge is -2.32. The molecular weight excluding hydrogens is 606 g/mol. The number of nitrogens with zero attached hydrogens (tertiary/aromatic N) is 1. The van der Waals surface area contributed by atoms with Crippen LogP contribution < -0.4 is 9.47 Å². The van der Waals surface area contributed by atoms with E-state index < -0.39 is 5.97 Å². The fourth-order valence-corrected chi connectivity index (χ4v) is 5.75. The zero-order valence-corrected chi connectivity index (χ0v) is 27.7. The van der Waals surface area contributed by atoms with Crippen molar-refractivity contribution in [3.8, 4) is 22.6 Å². The number of piperidine rings is 1. The lowest BCUT2D eigenvalue weighted by molar-refractivity contribution is -0.149. The fraction of sp³-hybridized carbons (Fsp3) is 0.325. The number of esters is 2. The summed E-state index contributed by atoms with van der Waals surface area (Å²) >= 11 is 0. The lowest BCUT2D eigenvalue weighted by atomic mass is 9.97. The van der Waals surface area contributed by atoms with Crippen molar-refractivity contribution >= 4 is 17.8 Å². The van der Waals surface area contributed by atoms with Crippen LogP contribution in [-0.2, 0) is 27.3 Å². The molecule has 0 saturated carbocycles. The van der Waals surface area contributed by atoms with Crippen LogP contribution >= 0.6 is 0 Å². The Morgan fingerprint density at radius 2 is 1.48 bits per heavy atom. The minimum absolute atomic E-state index is 0.226. The third-order valence-corrected chi connectivity index (χ3v) is 8.31. The minimum Gasteiger partial charge on any atom is -0.493 e. The summed E-state index contributed by atoms with van der Waals surface area (Å²) in [6, 6.07) is 31.5. The standard InChI is InChI=1S/C40H43NO7/c1-3-45-39(43)33-20-23-37(36(26-33)38(42)41-24-8-13-34(27-41)40(44)46-4-2)47-25-9-10-29-16-21-35(22-17-29)48-28-30-14-18-32(19-15-30)31-11-6-5-7-12-31/h5-7,11-12,14-23,26,34H,3-4,8-10,13,24-25,27-28H2,1-2H3. The molecule has 0 radical (unpaired) electrons. The summed E-state index contributed by atoms with van der Waals surface area (Å²) in [6.07, 6.45) is 2.86. The van der Waals surface area contributed by atoms with E-state index >= 15 is 0 Å². The van der Waals surface area contributed by atoms with E-state index in [0.717, 1.165) is 29.7 Å². The first-order valence-corrected chi connectivity index (χ1v) is 16.7. The fourth-order valence-electron chi connectivity index (χ4n) is 5.75. The van der Waals surface area contributed by atoms with Gasteiger partial charge in [-0.25, -0.2) is 4.79 Å². The van der Waals surface area contributed by atoms with Gasteiger partial charge in [0.15, 0.2) is 0 Å². The molecule has 0 aliphatic carbocycles. The summed E-state index contributed by atoms with van der Waals surface area (Å²) < 4.78 is 22.5. The van der Waals surface area contributed by atoms with Crippen LogP contribution in [0.4, 0.5) is 0 Å². The Balaban J connectivity index is 1.14. The molecule has 0 bridgehead atoms. The van der Waals surface area contributed by atoms with Crippen LogP contribution in [0, 0.1) is 5.92 Å². The number of aryl methyl sites for hydroxylation is 1. The predicted octanol–water partition coefficient (Wildman–Crippen LogP) is 7.54. The van der Waals surface area contributed by atoms with Crippen LogP contribution in [0.15, 0.2) is 97.1 Å². The van der Waals surface area contributed by atoms with Crippen LogP contribution in [0.25, 0.3) is 11.1 Å². The van der Waals surface area contributed by atoms with Gasteiger partial charge in [0, 0.05) is 13.1 Å². The largest absolute Gasteiger partial charge is 0.493 e. The Kier molecular flexibility index (Phi) is 12.2. The molecule has 1 aliphatic rings. The molecule has 0 N–H and O–H groups in total. The van der Waals surface area contributed by atoms with Gasteiger partial charge >= 0.3 is 11.9 Å². The highest BCUT2D eigenvalue weighted by Crippen LogP contribution is 2.27. The van der Waals surface area contributed by atoms with Crippen molar-refractivity contribution in [3.63, 3.8) is 0 Å². The van der Waals surface area contributed by atoms with Crippen molar-refractivity contribution in [1.82, 2.24) is 4.90 Å². The lowest BCUT2D eigenvalue weighted by Crippen LogP contribution is -2.43. The average Bonchev–Trinajstić information content (AvgIpc) is 3.13. The predicted molar refractivity (Wildman–Crippen MR) is 184 cm³/mol. The van der Waals surface area contributed by atoms with E-state index in [2.05, 4.69) is 36.4 Å². The molecule has 1 unspecified atom stereocenters. The van der Waals surface area contributed by atoms with E-state index in [9.17, 15) is 14.4 Å². The number of hydrogen-bond donors (Lipinski definition) is 0. The zero-order valence-electron chi connectivity index (χ0n) is 27.7. The highest BCUT2D eigenvalue weighted by Gasteiger charge is 2.31. The number of likely N-dealkylation sites (tertiary alicyclic amines) is 1. The van der Waals surface area contributed by atoms with Gasteiger partial charge in [-0.05, 0) is 92.1 Å². The molecule has 4 aromatic carbocycles. The van der Waals surface area contributed by atoms with Crippen molar-refractivity contribution in [2.45, 2.75) is 46.1 Å². The molecular formula is C40H43NO7. The van der Waals surface area contributed by atoms with E-state index in [1.807, 2.05) is 42.5 Å². The van der Waals surface area contributed by atoms with Crippen LogP contribution in [0.1, 0.15) is 65.0 Å². The highest BCUT2D eigenvalue weighted by molar-refractivity contribution is 6.00. The first-order valence-electron chi connectivity index (χ1n) is 16.7. The maximum Gasteiger partial charge on any atom is 0.338 e. The van der Waals surface area contributed by atoms with Crippen LogP contribution in [0.2, 0.25) is 0 Å². The number of benzene rings is 4. The first kappa shape index (κ1) is 34.2. The van der Waals surface area contributed by atoms with E-state index in [1.54, 1.807) is 30.9 Å². The normalized spacial score (nSPS) is 14.2. The number of amides is 1. The summed E-state index contributed by atoms with van der Waals surface area (Å²) in [7, 11) is 0. The minimum atomic E-state index is -0.505. The first-order chi connectivity index (χ1) is 23.4. The van der Waals surface area contributed by atoms with Crippen LogP contribution in [0.3, 0.4) is 0 Å². The SMILES string of the molecule is CCOC(=O)c1ccc(OCCCc2ccc(OCc3ccc(-c4ccccc4)cc3)cc2)c(C(=O)N2CCCC(C(=O)OCC)C2)c1. The molecule has 1 saturated heterocycles. The Labute approximate surface area is 282 Å². The molecule has 8 nitrogen and oxygen atoms in total. The molecule has 1 aliphatic heterocycles. The second-order valence-corrected chi connectivity index (χ2v) is 11.7. The molecule has 250 valence electrons. The monoisotopic (exact) mass is 649 g/mol. The van der Waals surface area contributed by atoms with Crippen molar-refractivity contribution < 1.29 is 33.3 Å². The smallest absolute Gasteiger partial charge is 0.338 e. The number of rotatable bonds is 14. The molecule has 48 heavy (non-hydrogen) atoms. The summed E-state index contributed by atoms with van der Waals surface area (Å²) in [5, 5.41) is 0. The molecule has 1 fully saturated rings. The number of ether oxygens (including phenoxy) is 4. The van der Waals surface area contributed by atoms with Gasteiger partial charge in [-0.3, -0.25) is 9.59 Å². The quantitative estimate of drug-likeness (QED) is 0.103. The molecule has 0 spiro atoms. The summed E-state index contributed by atoms with van der Waals surface area (Å²) in [4.78, 5) is 40.2. The van der Waals surface area contributed by atoms with Gasteiger partial charge in [-0.1, -0.05) is 66.7 Å². The van der Waals surface area contributed by atoms with Gasteiger partial charge in [0.1, 0.15) is 18.1 Å². The molecule has 1 atom stereocenters. The van der Waals surface area contributed by atoms with Crippen LogP contribution in [0.5, 0.6) is 11.5 Å². The summed E-state index contributed by atoms with van der Waals surface area (Å²) in [5.41, 5.74) is 5.16. The maximum absolute atomic E-state index is 13.7. The maximum atomic E-state index is 13.7. The van der Waals surface area contributed by atoms with Gasteiger partial charge in [0.25, 0.3) is 5.91 Å². The number of carbonyl (C=O) groups excluding carboxylic acids is 3. The Morgan fingerprint density at radius 1 is 0.771 bits per heavy atom. The Hall–Kier alpha value is -5.11. The van der Waals surface area contributed by atoms with Gasteiger partial charge < -0.3 is 23.8 Å². The van der Waals surface area contributed by atoms with E-state index in [0.29, 0.717) is 45.0 Å². The average molecular weight is 650 g/mol. The van der Waals surface area contributed by atoms with Gasteiger partial charge in [0.2, 0.25) is 0 Å². The van der Waals surface area contributed by atoms with E-state index in [-0.39, 0.29) is 42.1 Å². The molecule has 0 aromatic heterocycles. The van der Waals surface area contributed by atoms with Crippen molar-refractivity contribution in [3.05, 3.63) is 119 Å². The topological polar surface area (TPSA) is 91.4 Å². The van der Waals surface area contributed by atoms with Gasteiger partial charge in [0.05, 0.1) is 36.9 Å². The zero-order chi connectivity index (χ0) is 33.7. The van der Waals surface area contributed by atoms with E-state index in [4.69, 9.17) is 18.9 Å². The Morgan fingerprint density at radius 3 is 2.21 bits per heavy atom. The third kappa shape index (κ3) is 9.25. The molecule has 1 heterocycles. The van der Waals surface area contributed by atoms with Crippen molar-refractivity contribution in [1.29, 1.82) is 0 Å². The Bertz CT molecular complexity index is 1650. The van der Waals surface area contributed by atoms with Crippen molar-refractivity contribution in [2.75, 3.05) is 32.9 Å². The number of carbonyl (C=O) groups is 3. The van der Waals surface area contributed by atoms with Crippen LogP contribution in [-0.4, -0.2) is 55.7 Å². The molecule has 8 heteroatoms. The molecule has 4 aromatic rings. The second kappa shape index (κ2) is 17.2. The second-order valence-electron chi connectivity index (χ2n) is 11.7. The highest BCUT2D eigenvalue weighted by atomic mass is 16.5. The number of hydrogen-bond acceptors (Lipinski definition) is 7. The van der Waals surface area contributed by atoms with E-state index in [1.165, 1.54) is 17.2 Å².